The van der Waals surface area contributed by atoms with Gasteiger partial charge in [-0.05, 0) is 30.5 Å². The molecule has 122 valence electrons. The summed E-state index contributed by atoms with van der Waals surface area (Å²) in [5, 5.41) is 8.83. The molecule has 5 heteroatoms. The molecule has 0 aromatic heterocycles. The van der Waals surface area contributed by atoms with E-state index in [9.17, 15) is 9.59 Å². The Balaban J connectivity index is 2.84. The second-order valence-electron chi connectivity index (χ2n) is 5.67. The highest BCUT2D eigenvalue weighted by Crippen LogP contribution is 2.16. The second kappa shape index (κ2) is 9.07. The summed E-state index contributed by atoms with van der Waals surface area (Å²) in [5.74, 6) is -0.119. The van der Waals surface area contributed by atoms with Crippen molar-refractivity contribution in [2.45, 2.75) is 33.6 Å². The van der Waals surface area contributed by atoms with E-state index >= 15 is 0 Å². The Morgan fingerprint density at radius 3 is 2.64 bits per heavy atom. The lowest BCUT2D eigenvalue weighted by atomic mass is 10.1. The lowest BCUT2D eigenvalue weighted by molar-refractivity contribution is -0.137. The number of aliphatic carboxylic acids is 1. The summed E-state index contributed by atoms with van der Waals surface area (Å²) in [4.78, 5) is 25.0. The topological polar surface area (TPSA) is 66.8 Å². The molecule has 0 radical (unpaired) electrons. The van der Waals surface area contributed by atoms with Gasteiger partial charge in [0.15, 0.2) is 0 Å². The molecule has 0 heterocycles. The first-order valence-electron chi connectivity index (χ1n) is 7.68. The largest absolute Gasteiger partial charge is 0.494 e. The summed E-state index contributed by atoms with van der Waals surface area (Å²) in [6.45, 7) is 7.37. The molecule has 0 atom stereocenters. The number of carbonyl (C=O) groups excluding carboxylic acids is 1. The highest BCUT2D eigenvalue weighted by Gasteiger charge is 2.18. The van der Waals surface area contributed by atoms with Crippen molar-refractivity contribution in [1.29, 1.82) is 0 Å². The third-order valence-electron chi connectivity index (χ3n) is 3.02. The fraction of sp³-hybridized carbons (Fsp3) is 0.529. The van der Waals surface area contributed by atoms with Crippen molar-refractivity contribution in [2.75, 3.05) is 19.7 Å². The van der Waals surface area contributed by atoms with Crippen LogP contribution in [-0.4, -0.2) is 41.6 Å². The van der Waals surface area contributed by atoms with E-state index in [4.69, 9.17) is 9.84 Å². The smallest absolute Gasteiger partial charge is 0.305 e. The Labute approximate surface area is 131 Å². The quantitative estimate of drug-likeness (QED) is 0.761. The summed E-state index contributed by atoms with van der Waals surface area (Å²) < 4.78 is 5.54. The first-order valence-corrected chi connectivity index (χ1v) is 7.68. The van der Waals surface area contributed by atoms with Crippen LogP contribution in [0.2, 0.25) is 0 Å². The first kappa shape index (κ1) is 18.0. The summed E-state index contributed by atoms with van der Waals surface area (Å²) in [6.07, 6.45) is 0.848. The van der Waals surface area contributed by atoms with Crippen LogP contribution < -0.4 is 4.74 Å². The van der Waals surface area contributed by atoms with E-state index in [1.807, 2.05) is 26.8 Å². The monoisotopic (exact) mass is 307 g/mol. The van der Waals surface area contributed by atoms with Gasteiger partial charge >= 0.3 is 5.97 Å². The minimum Gasteiger partial charge on any atom is -0.494 e. The van der Waals surface area contributed by atoms with Gasteiger partial charge in [0.05, 0.1) is 13.0 Å². The van der Waals surface area contributed by atoms with Crippen LogP contribution in [0.5, 0.6) is 5.75 Å². The number of carbonyl (C=O) groups is 2. The molecular formula is C17H25NO4. The van der Waals surface area contributed by atoms with E-state index in [-0.39, 0.29) is 24.8 Å². The van der Waals surface area contributed by atoms with Crippen LogP contribution in [0, 0.1) is 5.92 Å². The van der Waals surface area contributed by atoms with Crippen LogP contribution in [0.15, 0.2) is 24.3 Å². The number of hydrogen-bond acceptors (Lipinski definition) is 3. The molecule has 0 saturated carbocycles. The molecule has 1 amide bonds. The zero-order valence-corrected chi connectivity index (χ0v) is 13.5. The molecule has 1 aromatic rings. The SMILES string of the molecule is CCCOc1cccc(C(=O)N(CCC(=O)O)CC(C)C)c1. The van der Waals surface area contributed by atoms with Crippen LogP contribution in [-0.2, 0) is 4.79 Å². The highest BCUT2D eigenvalue weighted by atomic mass is 16.5. The van der Waals surface area contributed by atoms with E-state index in [0.29, 0.717) is 24.5 Å². The Bertz CT molecular complexity index is 499. The number of amides is 1. The summed E-state index contributed by atoms with van der Waals surface area (Å²) >= 11 is 0. The maximum absolute atomic E-state index is 12.6. The van der Waals surface area contributed by atoms with Gasteiger partial charge in [0.25, 0.3) is 5.91 Å². The average molecular weight is 307 g/mol. The van der Waals surface area contributed by atoms with Crippen molar-refractivity contribution in [1.82, 2.24) is 4.90 Å². The van der Waals surface area contributed by atoms with E-state index in [1.54, 1.807) is 23.1 Å². The Hall–Kier alpha value is -2.04. The van der Waals surface area contributed by atoms with Gasteiger partial charge in [0, 0.05) is 18.7 Å². The van der Waals surface area contributed by atoms with Gasteiger partial charge in [0.1, 0.15) is 5.75 Å². The lowest BCUT2D eigenvalue weighted by Crippen LogP contribution is -2.36. The molecule has 22 heavy (non-hydrogen) atoms. The maximum atomic E-state index is 12.6. The van der Waals surface area contributed by atoms with Crippen molar-refractivity contribution < 1.29 is 19.4 Å². The highest BCUT2D eigenvalue weighted by molar-refractivity contribution is 5.94. The zero-order valence-electron chi connectivity index (χ0n) is 13.5. The maximum Gasteiger partial charge on any atom is 0.305 e. The van der Waals surface area contributed by atoms with Gasteiger partial charge in [-0.2, -0.15) is 0 Å². The van der Waals surface area contributed by atoms with Crippen molar-refractivity contribution >= 4 is 11.9 Å². The number of nitrogens with zero attached hydrogens (tertiary/aromatic N) is 1. The van der Waals surface area contributed by atoms with Gasteiger partial charge in [0.2, 0.25) is 0 Å². The van der Waals surface area contributed by atoms with Crippen LogP contribution in [0.25, 0.3) is 0 Å². The van der Waals surface area contributed by atoms with Gasteiger partial charge in [-0.3, -0.25) is 9.59 Å². The number of carboxylic acid groups (broad SMARTS) is 1. The fourth-order valence-electron chi connectivity index (χ4n) is 2.07. The predicted molar refractivity (Wildman–Crippen MR) is 85.2 cm³/mol. The van der Waals surface area contributed by atoms with E-state index < -0.39 is 5.97 Å². The molecule has 0 bridgehead atoms. The molecule has 1 rings (SSSR count). The summed E-state index contributed by atoms with van der Waals surface area (Å²) in [5.41, 5.74) is 0.527. The first-order chi connectivity index (χ1) is 10.4. The van der Waals surface area contributed by atoms with Crippen LogP contribution in [0.1, 0.15) is 44.0 Å². The third-order valence-corrected chi connectivity index (χ3v) is 3.02. The Morgan fingerprint density at radius 2 is 2.05 bits per heavy atom. The standard InChI is InChI=1S/C17H25NO4/c1-4-10-22-15-7-5-6-14(11-15)17(21)18(12-13(2)3)9-8-16(19)20/h5-7,11,13H,4,8-10,12H2,1-3H3,(H,19,20). The number of hydrogen-bond donors (Lipinski definition) is 1. The van der Waals surface area contributed by atoms with Crippen LogP contribution in [0.4, 0.5) is 0 Å². The number of carboxylic acids is 1. The van der Waals surface area contributed by atoms with Crippen LogP contribution >= 0.6 is 0 Å². The van der Waals surface area contributed by atoms with E-state index in [0.717, 1.165) is 6.42 Å². The second-order valence-corrected chi connectivity index (χ2v) is 5.67. The van der Waals surface area contributed by atoms with Gasteiger partial charge in [-0.1, -0.05) is 26.8 Å². The molecule has 1 aromatic carbocycles. The van der Waals surface area contributed by atoms with Crippen molar-refractivity contribution in [3.8, 4) is 5.75 Å². The van der Waals surface area contributed by atoms with Crippen molar-refractivity contribution in [2.24, 2.45) is 5.92 Å². The average Bonchev–Trinajstić information content (AvgIpc) is 2.48. The molecular weight excluding hydrogens is 282 g/mol. The molecule has 0 aliphatic rings. The number of ether oxygens (including phenoxy) is 1. The molecule has 0 aliphatic carbocycles. The molecule has 1 N–H and O–H groups in total. The third kappa shape index (κ3) is 6.16. The number of rotatable bonds is 9. The van der Waals surface area contributed by atoms with Crippen LogP contribution in [0.3, 0.4) is 0 Å². The molecule has 0 fully saturated rings. The number of benzene rings is 1. The van der Waals surface area contributed by atoms with Crippen molar-refractivity contribution in [3.05, 3.63) is 29.8 Å². The molecule has 0 spiro atoms. The van der Waals surface area contributed by atoms with Crippen molar-refractivity contribution in [3.63, 3.8) is 0 Å². The molecule has 0 aliphatic heterocycles. The Kier molecular flexibility index (Phi) is 7.43. The Morgan fingerprint density at radius 1 is 1.32 bits per heavy atom. The minimum atomic E-state index is -0.901. The zero-order chi connectivity index (χ0) is 16.5. The molecule has 0 unspecified atom stereocenters. The van der Waals surface area contributed by atoms with Gasteiger partial charge in [-0.25, -0.2) is 0 Å². The minimum absolute atomic E-state index is 0.0511. The van der Waals surface area contributed by atoms with E-state index in [2.05, 4.69) is 0 Å². The predicted octanol–water partition coefficient (Wildman–Crippen LogP) is 3.05. The van der Waals surface area contributed by atoms with Gasteiger partial charge in [-0.15, -0.1) is 0 Å². The molecule has 0 saturated heterocycles. The summed E-state index contributed by atoms with van der Waals surface area (Å²) in [7, 11) is 0. The fourth-order valence-corrected chi connectivity index (χ4v) is 2.07. The normalized spacial score (nSPS) is 10.5. The molecule has 5 nitrogen and oxygen atoms in total. The van der Waals surface area contributed by atoms with E-state index in [1.165, 1.54) is 0 Å². The van der Waals surface area contributed by atoms with Gasteiger partial charge < -0.3 is 14.7 Å². The lowest BCUT2D eigenvalue weighted by Gasteiger charge is -2.24. The summed E-state index contributed by atoms with van der Waals surface area (Å²) in [6, 6.07) is 7.04.